The SMILES string of the molecule is Cc1ccc2cc(C(O)C(F)F)ccc2n1. The zero-order chi connectivity index (χ0) is 11.7. The van der Waals surface area contributed by atoms with E-state index in [0.717, 1.165) is 16.6 Å². The number of fused-ring (bicyclic) bond motifs is 1. The summed E-state index contributed by atoms with van der Waals surface area (Å²) in [5.74, 6) is 0. The van der Waals surface area contributed by atoms with Gasteiger partial charge in [0.15, 0.2) is 0 Å². The smallest absolute Gasteiger partial charge is 0.268 e. The molecule has 1 atom stereocenters. The lowest BCUT2D eigenvalue weighted by Gasteiger charge is -2.10. The van der Waals surface area contributed by atoms with Crippen LogP contribution in [0.5, 0.6) is 0 Å². The predicted molar refractivity (Wildman–Crippen MR) is 57.4 cm³/mol. The molecule has 1 aromatic carbocycles. The van der Waals surface area contributed by atoms with Crippen LogP contribution in [0.3, 0.4) is 0 Å². The zero-order valence-corrected chi connectivity index (χ0v) is 8.69. The van der Waals surface area contributed by atoms with E-state index < -0.39 is 12.5 Å². The highest BCUT2D eigenvalue weighted by atomic mass is 19.3. The van der Waals surface area contributed by atoms with Gasteiger partial charge in [-0.15, -0.1) is 0 Å². The summed E-state index contributed by atoms with van der Waals surface area (Å²) in [6, 6.07) is 8.27. The van der Waals surface area contributed by atoms with Gasteiger partial charge >= 0.3 is 0 Å². The molecule has 0 aliphatic carbocycles. The van der Waals surface area contributed by atoms with Gasteiger partial charge in [0.25, 0.3) is 6.43 Å². The number of benzene rings is 1. The van der Waals surface area contributed by atoms with Gasteiger partial charge in [0.2, 0.25) is 0 Å². The molecule has 0 bridgehead atoms. The monoisotopic (exact) mass is 223 g/mol. The number of aryl methyl sites for hydroxylation is 1. The molecule has 2 nitrogen and oxygen atoms in total. The molecule has 16 heavy (non-hydrogen) atoms. The summed E-state index contributed by atoms with van der Waals surface area (Å²) in [5.41, 5.74) is 1.83. The van der Waals surface area contributed by atoms with Crippen molar-refractivity contribution in [1.29, 1.82) is 0 Å². The van der Waals surface area contributed by atoms with E-state index >= 15 is 0 Å². The summed E-state index contributed by atoms with van der Waals surface area (Å²) in [4.78, 5) is 4.25. The molecule has 0 fully saturated rings. The van der Waals surface area contributed by atoms with Crippen LogP contribution in [0.15, 0.2) is 30.3 Å². The maximum atomic E-state index is 12.3. The van der Waals surface area contributed by atoms with E-state index in [4.69, 9.17) is 0 Å². The van der Waals surface area contributed by atoms with Crippen molar-refractivity contribution in [2.24, 2.45) is 0 Å². The second-order valence-corrected chi connectivity index (χ2v) is 3.68. The van der Waals surface area contributed by atoms with E-state index in [-0.39, 0.29) is 5.56 Å². The van der Waals surface area contributed by atoms with Crippen LogP contribution < -0.4 is 0 Å². The number of halogens is 2. The summed E-state index contributed by atoms with van der Waals surface area (Å²) in [6.07, 6.45) is -4.50. The fourth-order valence-electron chi connectivity index (χ4n) is 1.58. The third-order valence-corrected chi connectivity index (χ3v) is 2.43. The van der Waals surface area contributed by atoms with Crippen molar-refractivity contribution in [1.82, 2.24) is 4.98 Å². The first-order valence-corrected chi connectivity index (χ1v) is 4.91. The van der Waals surface area contributed by atoms with Crippen LogP contribution in [0.2, 0.25) is 0 Å². The average Bonchev–Trinajstić information content (AvgIpc) is 2.27. The summed E-state index contributed by atoms with van der Waals surface area (Å²) in [6.45, 7) is 1.86. The normalized spacial score (nSPS) is 13.3. The third-order valence-electron chi connectivity index (χ3n) is 2.43. The van der Waals surface area contributed by atoms with Crippen molar-refractivity contribution in [3.05, 3.63) is 41.6 Å². The Hall–Kier alpha value is -1.55. The molecule has 2 rings (SSSR count). The van der Waals surface area contributed by atoms with Crippen LogP contribution in [0.25, 0.3) is 10.9 Å². The molecule has 0 amide bonds. The first kappa shape index (κ1) is 11.0. The van der Waals surface area contributed by atoms with Crippen molar-refractivity contribution in [3.63, 3.8) is 0 Å². The molecule has 0 spiro atoms. The maximum absolute atomic E-state index is 12.3. The Kier molecular flexibility index (Phi) is 2.83. The topological polar surface area (TPSA) is 33.1 Å². The first-order chi connectivity index (χ1) is 7.58. The highest BCUT2D eigenvalue weighted by Crippen LogP contribution is 2.23. The van der Waals surface area contributed by atoms with E-state index in [0.29, 0.717) is 0 Å². The quantitative estimate of drug-likeness (QED) is 0.849. The molecule has 0 aliphatic heterocycles. The Bertz CT molecular complexity index is 513. The third kappa shape index (κ3) is 2.02. The molecule has 1 N–H and O–H groups in total. The predicted octanol–water partition coefficient (Wildman–Crippen LogP) is 2.84. The lowest BCUT2D eigenvalue weighted by molar-refractivity contribution is -0.00570. The van der Waals surface area contributed by atoms with Crippen molar-refractivity contribution in [2.45, 2.75) is 19.5 Å². The maximum Gasteiger partial charge on any atom is 0.268 e. The lowest BCUT2D eigenvalue weighted by atomic mass is 10.1. The number of aliphatic hydroxyl groups is 1. The molecule has 1 heterocycles. The van der Waals surface area contributed by atoms with Crippen LogP contribution in [0.4, 0.5) is 8.78 Å². The average molecular weight is 223 g/mol. The number of hydrogen-bond acceptors (Lipinski definition) is 2. The van der Waals surface area contributed by atoms with Crippen LogP contribution in [-0.4, -0.2) is 16.5 Å². The van der Waals surface area contributed by atoms with Gasteiger partial charge in [-0.2, -0.15) is 0 Å². The molecule has 1 unspecified atom stereocenters. The highest BCUT2D eigenvalue weighted by Gasteiger charge is 2.19. The Balaban J connectivity index is 2.48. The van der Waals surface area contributed by atoms with Gasteiger partial charge in [-0.1, -0.05) is 12.1 Å². The Labute approximate surface area is 91.6 Å². The number of hydrogen-bond donors (Lipinski definition) is 1. The molecule has 1 aromatic heterocycles. The van der Waals surface area contributed by atoms with Crippen LogP contribution in [0.1, 0.15) is 17.4 Å². The Morgan fingerprint density at radius 3 is 2.62 bits per heavy atom. The van der Waals surface area contributed by atoms with Gasteiger partial charge in [0, 0.05) is 11.1 Å². The van der Waals surface area contributed by atoms with E-state index in [1.165, 1.54) is 6.07 Å². The van der Waals surface area contributed by atoms with Crippen LogP contribution in [0, 0.1) is 6.92 Å². The van der Waals surface area contributed by atoms with Gasteiger partial charge < -0.3 is 5.11 Å². The summed E-state index contributed by atoms with van der Waals surface area (Å²) < 4.78 is 24.6. The van der Waals surface area contributed by atoms with Crippen molar-refractivity contribution >= 4 is 10.9 Å². The molecule has 0 saturated carbocycles. The second kappa shape index (κ2) is 4.14. The van der Waals surface area contributed by atoms with E-state index in [2.05, 4.69) is 4.98 Å². The molecular formula is C12H11F2NO. The molecule has 0 saturated heterocycles. The van der Waals surface area contributed by atoms with Crippen LogP contribution in [-0.2, 0) is 0 Å². The molecule has 0 radical (unpaired) electrons. The number of pyridine rings is 1. The number of aromatic nitrogens is 1. The zero-order valence-electron chi connectivity index (χ0n) is 8.69. The van der Waals surface area contributed by atoms with Crippen molar-refractivity contribution in [3.8, 4) is 0 Å². The lowest BCUT2D eigenvalue weighted by Crippen LogP contribution is -2.07. The van der Waals surface area contributed by atoms with Crippen molar-refractivity contribution < 1.29 is 13.9 Å². The van der Waals surface area contributed by atoms with Gasteiger partial charge in [0.1, 0.15) is 6.10 Å². The van der Waals surface area contributed by atoms with E-state index in [9.17, 15) is 13.9 Å². The molecular weight excluding hydrogens is 212 g/mol. The number of alkyl halides is 2. The Morgan fingerprint density at radius 1 is 1.19 bits per heavy atom. The largest absolute Gasteiger partial charge is 0.382 e. The summed E-state index contributed by atoms with van der Waals surface area (Å²) >= 11 is 0. The van der Waals surface area contributed by atoms with Crippen molar-refractivity contribution in [2.75, 3.05) is 0 Å². The minimum absolute atomic E-state index is 0.216. The number of rotatable bonds is 2. The number of aliphatic hydroxyl groups excluding tert-OH is 1. The molecule has 0 aliphatic rings. The van der Waals surface area contributed by atoms with E-state index in [1.54, 1.807) is 24.3 Å². The fourth-order valence-corrected chi connectivity index (χ4v) is 1.58. The molecule has 4 heteroatoms. The minimum Gasteiger partial charge on any atom is -0.382 e. The first-order valence-electron chi connectivity index (χ1n) is 4.91. The van der Waals surface area contributed by atoms with E-state index in [1.807, 2.05) is 6.92 Å². The molecule has 84 valence electrons. The fraction of sp³-hybridized carbons (Fsp3) is 0.250. The van der Waals surface area contributed by atoms with Gasteiger partial charge in [-0.3, -0.25) is 4.98 Å². The number of nitrogens with zero attached hydrogens (tertiary/aromatic N) is 1. The van der Waals surface area contributed by atoms with Gasteiger partial charge in [-0.05, 0) is 30.7 Å². The second-order valence-electron chi connectivity index (χ2n) is 3.68. The van der Waals surface area contributed by atoms with Crippen LogP contribution >= 0.6 is 0 Å². The minimum atomic E-state index is -2.77. The summed E-state index contributed by atoms with van der Waals surface area (Å²) in [5, 5.41) is 9.99. The van der Waals surface area contributed by atoms with Gasteiger partial charge in [0.05, 0.1) is 5.52 Å². The highest BCUT2D eigenvalue weighted by molar-refractivity contribution is 5.79. The standard InChI is InChI=1S/C12H11F2NO/c1-7-2-3-8-6-9(11(16)12(13)14)4-5-10(8)15-7/h2-6,11-12,16H,1H3. The molecule has 2 aromatic rings. The van der Waals surface area contributed by atoms with Gasteiger partial charge in [-0.25, -0.2) is 8.78 Å². The summed E-state index contributed by atoms with van der Waals surface area (Å²) in [7, 11) is 0. The Morgan fingerprint density at radius 2 is 1.94 bits per heavy atom.